The summed E-state index contributed by atoms with van der Waals surface area (Å²) in [6.45, 7) is 7.01. The molecule has 1 heterocycles. The Morgan fingerprint density at radius 1 is 1.16 bits per heavy atom. The van der Waals surface area contributed by atoms with Crippen molar-refractivity contribution >= 4 is 29.9 Å². The highest BCUT2D eigenvalue weighted by Gasteiger charge is 2.19. The van der Waals surface area contributed by atoms with Gasteiger partial charge in [-0.05, 0) is 55.4 Å². The molecule has 0 aromatic heterocycles. The van der Waals surface area contributed by atoms with Crippen LogP contribution in [0, 0.1) is 0 Å². The lowest BCUT2D eigenvalue weighted by atomic mass is 10.1. The number of aliphatic carboxylic acids is 1. The fourth-order valence-electron chi connectivity index (χ4n) is 2.78. The summed E-state index contributed by atoms with van der Waals surface area (Å²) in [5.41, 5.74) is 1.23. The number of hydrogen-bond donors (Lipinski definition) is 3. The number of nitrogens with zero attached hydrogens (tertiary/aromatic N) is 2. The van der Waals surface area contributed by atoms with E-state index >= 15 is 0 Å². The first kappa shape index (κ1) is 25.5. The van der Waals surface area contributed by atoms with E-state index in [1.165, 1.54) is 0 Å². The fraction of sp³-hybridized carbons (Fsp3) is 0.391. The number of carboxylic acids is 1. The van der Waals surface area contributed by atoms with Gasteiger partial charge in [-0.25, -0.2) is 9.10 Å². The van der Waals surface area contributed by atoms with Crippen molar-refractivity contribution in [1.29, 1.82) is 0 Å². The number of anilines is 1. The van der Waals surface area contributed by atoms with E-state index in [-0.39, 0.29) is 11.5 Å². The second-order valence-corrected chi connectivity index (χ2v) is 8.64. The smallest absolute Gasteiger partial charge is 0.341 e. The molecule has 2 aromatic rings. The third-order valence-electron chi connectivity index (χ3n) is 4.73. The Labute approximate surface area is 193 Å². The molecule has 1 fully saturated rings. The van der Waals surface area contributed by atoms with Crippen LogP contribution in [-0.4, -0.2) is 72.6 Å². The minimum Gasteiger partial charge on any atom is -0.508 e. The van der Waals surface area contributed by atoms with E-state index in [4.69, 9.17) is 9.84 Å². The number of nitrogens with one attached hydrogen (secondary N) is 1. The lowest BCUT2D eigenvalue weighted by Crippen LogP contribution is -2.43. The summed E-state index contributed by atoms with van der Waals surface area (Å²) in [5, 5.41) is 21.2. The highest BCUT2D eigenvalue weighted by atomic mass is 32.2. The molecule has 3 rings (SSSR count). The zero-order valence-electron chi connectivity index (χ0n) is 18.7. The van der Waals surface area contributed by atoms with Crippen molar-refractivity contribution in [3.63, 3.8) is 0 Å². The lowest BCUT2D eigenvalue weighted by Gasteiger charge is -2.35. The summed E-state index contributed by atoms with van der Waals surface area (Å²) < 4.78 is 7.49. The molecule has 8 nitrogen and oxygen atoms in total. The van der Waals surface area contributed by atoms with Crippen LogP contribution in [0.4, 0.5) is 5.69 Å². The summed E-state index contributed by atoms with van der Waals surface area (Å²) in [4.78, 5) is 25.1. The van der Waals surface area contributed by atoms with Crippen molar-refractivity contribution in [3.8, 4) is 11.5 Å². The molecule has 0 bridgehead atoms. The number of carbonyl (C=O) groups excluding carboxylic acids is 1. The number of benzene rings is 2. The Bertz CT molecular complexity index is 868. The van der Waals surface area contributed by atoms with Crippen LogP contribution in [-0.2, 0) is 4.79 Å². The second kappa shape index (κ2) is 12.9. The number of hydrogen-bond acceptors (Lipinski definition) is 8. The number of aromatic hydroxyl groups is 1. The van der Waals surface area contributed by atoms with Gasteiger partial charge in [0.2, 0.25) is 0 Å². The van der Waals surface area contributed by atoms with Gasteiger partial charge in [0, 0.05) is 48.9 Å². The highest BCUT2D eigenvalue weighted by molar-refractivity contribution is 7.97. The van der Waals surface area contributed by atoms with Crippen LogP contribution in [0.2, 0.25) is 0 Å². The number of carbonyl (C=O) groups is 2. The monoisotopic (exact) mass is 461 g/mol. The van der Waals surface area contributed by atoms with Crippen molar-refractivity contribution in [1.82, 2.24) is 9.62 Å². The maximum atomic E-state index is 11.1. The van der Waals surface area contributed by atoms with E-state index in [0.717, 1.165) is 36.8 Å². The van der Waals surface area contributed by atoms with Gasteiger partial charge in [-0.1, -0.05) is 13.8 Å². The average molecular weight is 462 g/mol. The predicted molar refractivity (Wildman–Crippen MR) is 127 cm³/mol. The van der Waals surface area contributed by atoms with Gasteiger partial charge < -0.3 is 25.2 Å². The Kier molecular flexibility index (Phi) is 10.3. The van der Waals surface area contributed by atoms with Gasteiger partial charge in [0.05, 0.1) is 5.56 Å². The molecule has 1 saturated heterocycles. The zero-order chi connectivity index (χ0) is 23.5. The summed E-state index contributed by atoms with van der Waals surface area (Å²) in [6, 6.07) is 13.0. The quantitative estimate of drug-likeness (QED) is 0.404. The van der Waals surface area contributed by atoms with Crippen molar-refractivity contribution in [2.75, 3.05) is 44.7 Å². The molecule has 2 aromatic carbocycles. The van der Waals surface area contributed by atoms with Crippen molar-refractivity contribution in [2.45, 2.75) is 24.8 Å². The Hall–Kier alpha value is -2.75. The van der Waals surface area contributed by atoms with Crippen LogP contribution in [0.25, 0.3) is 0 Å². The number of phenols is 1. The third kappa shape index (κ3) is 8.41. The first-order valence-corrected chi connectivity index (χ1v) is 11.2. The molecular formula is C23H31N3O5S. The van der Waals surface area contributed by atoms with Gasteiger partial charge in [-0.2, -0.15) is 0 Å². The van der Waals surface area contributed by atoms with Gasteiger partial charge in [-0.3, -0.25) is 4.79 Å². The molecule has 0 atom stereocenters. The molecule has 1 aliphatic rings. The van der Waals surface area contributed by atoms with Crippen molar-refractivity contribution in [2.24, 2.45) is 0 Å². The summed E-state index contributed by atoms with van der Waals surface area (Å²) in [5.74, 6) is -0.549. The number of carboxylic acid groups (broad SMARTS) is 1. The second-order valence-electron chi connectivity index (χ2n) is 7.47. The van der Waals surface area contributed by atoms with E-state index < -0.39 is 12.6 Å². The molecule has 0 radical (unpaired) electrons. The summed E-state index contributed by atoms with van der Waals surface area (Å²) >= 11 is 1.65. The van der Waals surface area contributed by atoms with Crippen molar-refractivity contribution < 1.29 is 24.5 Å². The number of aldehydes is 1. The van der Waals surface area contributed by atoms with Gasteiger partial charge in [0.25, 0.3) is 0 Å². The van der Waals surface area contributed by atoms with Gasteiger partial charge >= 0.3 is 5.97 Å². The van der Waals surface area contributed by atoms with E-state index in [1.807, 2.05) is 25.2 Å². The van der Waals surface area contributed by atoms with Crippen LogP contribution in [0.1, 0.15) is 24.2 Å². The Morgan fingerprint density at radius 3 is 2.31 bits per heavy atom. The van der Waals surface area contributed by atoms with Gasteiger partial charge in [-0.15, -0.1) is 0 Å². The number of piperazine rings is 1. The Morgan fingerprint density at radius 2 is 1.78 bits per heavy atom. The number of phenolic OH excluding ortho intramolecular Hbond substituents is 1. The molecule has 0 aliphatic carbocycles. The van der Waals surface area contributed by atoms with Crippen LogP contribution in [0.3, 0.4) is 0 Å². The van der Waals surface area contributed by atoms with E-state index in [9.17, 15) is 14.7 Å². The molecule has 0 unspecified atom stereocenters. The molecule has 0 saturated carbocycles. The SMILES string of the molecule is CNC(C)C.O=Cc1ccc(N2CCN(Sc3ccc(O)cc3)CC2)cc1OCC(=O)O. The predicted octanol–water partition coefficient (Wildman–Crippen LogP) is 3.11. The van der Waals surface area contributed by atoms with E-state index in [0.29, 0.717) is 17.9 Å². The van der Waals surface area contributed by atoms with E-state index in [1.54, 1.807) is 36.2 Å². The molecule has 174 valence electrons. The first-order chi connectivity index (χ1) is 15.3. The third-order valence-corrected chi connectivity index (χ3v) is 5.83. The maximum Gasteiger partial charge on any atom is 0.341 e. The number of rotatable bonds is 8. The van der Waals surface area contributed by atoms with Crippen LogP contribution < -0.4 is 15.0 Å². The maximum absolute atomic E-state index is 11.1. The minimum atomic E-state index is -1.09. The topological polar surface area (TPSA) is 102 Å². The molecular weight excluding hydrogens is 430 g/mol. The van der Waals surface area contributed by atoms with Crippen LogP contribution in [0.15, 0.2) is 47.4 Å². The van der Waals surface area contributed by atoms with Crippen LogP contribution in [0.5, 0.6) is 11.5 Å². The largest absolute Gasteiger partial charge is 0.508 e. The Balaban J connectivity index is 0.000000654. The number of ether oxygens (including phenoxy) is 1. The fourth-order valence-corrected chi connectivity index (χ4v) is 3.68. The van der Waals surface area contributed by atoms with Gasteiger partial charge in [0.1, 0.15) is 11.5 Å². The standard InChI is InChI=1S/C19H20N2O5S.C4H11N/c22-12-14-1-2-15(11-18(14)26-13-19(24)25)20-7-9-21(10-8-20)27-17-5-3-16(23)4-6-17;1-4(2)5-3/h1-6,11-12,23H,7-10,13H2,(H,24,25);4-5H,1-3H3. The molecule has 32 heavy (non-hydrogen) atoms. The van der Waals surface area contributed by atoms with E-state index in [2.05, 4.69) is 28.4 Å². The highest BCUT2D eigenvalue weighted by Crippen LogP contribution is 2.29. The van der Waals surface area contributed by atoms with Crippen LogP contribution >= 0.6 is 11.9 Å². The molecule has 1 aliphatic heterocycles. The summed E-state index contributed by atoms with van der Waals surface area (Å²) in [7, 11) is 1.95. The lowest BCUT2D eigenvalue weighted by molar-refractivity contribution is -0.139. The molecule has 9 heteroatoms. The van der Waals surface area contributed by atoms with Gasteiger partial charge in [0.15, 0.2) is 12.9 Å². The molecule has 0 amide bonds. The molecule has 0 spiro atoms. The average Bonchev–Trinajstić information content (AvgIpc) is 2.80. The normalized spacial score (nSPS) is 13.9. The molecule has 3 N–H and O–H groups in total. The summed E-state index contributed by atoms with van der Waals surface area (Å²) in [6.07, 6.45) is 0.660. The zero-order valence-corrected chi connectivity index (χ0v) is 19.5. The van der Waals surface area contributed by atoms with Crippen molar-refractivity contribution in [3.05, 3.63) is 48.0 Å². The first-order valence-electron chi connectivity index (χ1n) is 10.4. The minimum absolute atomic E-state index is 0.254.